The van der Waals surface area contributed by atoms with Crippen molar-refractivity contribution >= 4 is 28.9 Å². The molecule has 2 heterocycles. The van der Waals surface area contributed by atoms with Crippen LogP contribution in [0.15, 0.2) is 79.6 Å². The monoisotopic (exact) mass is 494 g/mol. The summed E-state index contributed by atoms with van der Waals surface area (Å²) in [5.74, 6) is -0.154. The molecular formula is C25H24ClFN6O2. The van der Waals surface area contributed by atoms with Crippen molar-refractivity contribution in [3.8, 4) is 5.75 Å². The van der Waals surface area contributed by atoms with Crippen LogP contribution < -0.4 is 15.0 Å². The number of aryl methyl sites for hydroxylation is 1. The molecule has 0 unspecified atom stereocenters. The molecule has 0 aliphatic rings. The van der Waals surface area contributed by atoms with Gasteiger partial charge in [0.05, 0.1) is 0 Å². The standard InChI is InChI=1S/C25H24ClFN6O2/c26-20-14-19(15-24(16-20)35-13-10-30-22-6-8-28-9-7-22)25(34)33(23-4-2-21(27)3-5-23)12-1-11-32-18-29-17-31-32/h2-9,14-18H,1,10-13H2,(H,28,30). The lowest BCUT2D eigenvalue weighted by Gasteiger charge is -2.23. The molecule has 4 rings (SSSR count). The van der Waals surface area contributed by atoms with Crippen molar-refractivity contribution in [2.75, 3.05) is 29.9 Å². The highest BCUT2D eigenvalue weighted by Crippen LogP contribution is 2.25. The van der Waals surface area contributed by atoms with Gasteiger partial charge in [-0.2, -0.15) is 5.10 Å². The Labute approximate surface area is 207 Å². The second kappa shape index (κ2) is 11.9. The molecule has 0 radical (unpaired) electrons. The van der Waals surface area contributed by atoms with Gasteiger partial charge in [-0.1, -0.05) is 11.6 Å². The SMILES string of the molecule is O=C(c1cc(Cl)cc(OCCNc2ccncc2)c1)N(CCCn1cncn1)c1ccc(F)cc1. The highest BCUT2D eigenvalue weighted by molar-refractivity contribution is 6.31. The molecule has 0 saturated heterocycles. The Morgan fingerprint density at radius 1 is 1.09 bits per heavy atom. The summed E-state index contributed by atoms with van der Waals surface area (Å²) in [5, 5.41) is 7.70. The number of pyridine rings is 1. The molecule has 1 amide bonds. The number of halogens is 2. The van der Waals surface area contributed by atoms with E-state index in [0.29, 0.717) is 54.7 Å². The van der Waals surface area contributed by atoms with Crippen LogP contribution in [0.2, 0.25) is 5.02 Å². The van der Waals surface area contributed by atoms with E-state index in [9.17, 15) is 9.18 Å². The number of ether oxygens (including phenoxy) is 1. The van der Waals surface area contributed by atoms with Crippen LogP contribution in [0.25, 0.3) is 0 Å². The average Bonchev–Trinajstić information content (AvgIpc) is 3.39. The minimum absolute atomic E-state index is 0.266. The number of nitrogens with zero attached hydrogens (tertiary/aromatic N) is 5. The van der Waals surface area contributed by atoms with Crippen molar-refractivity contribution in [1.82, 2.24) is 19.7 Å². The molecular weight excluding hydrogens is 471 g/mol. The number of benzene rings is 2. The summed E-state index contributed by atoms with van der Waals surface area (Å²) in [6.45, 7) is 1.90. The molecule has 0 spiro atoms. The zero-order valence-corrected chi connectivity index (χ0v) is 19.6. The van der Waals surface area contributed by atoms with Crippen molar-refractivity contribution in [3.05, 3.63) is 96.0 Å². The molecule has 180 valence electrons. The third kappa shape index (κ3) is 7.00. The number of hydrogen-bond acceptors (Lipinski definition) is 6. The van der Waals surface area contributed by atoms with Crippen LogP contribution >= 0.6 is 11.6 Å². The molecule has 0 saturated carbocycles. The zero-order valence-electron chi connectivity index (χ0n) is 18.8. The van der Waals surface area contributed by atoms with Gasteiger partial charge in [0.15, 0.2) is 0 Å². The molecule has 2 aromatic heterocycles. The molecule has 0 bridgehead atoms. The van der Waals surface area contributed by atoms with Crippen molar-refractivity contribution in [2.45, 2.75) is 13.0 Å². The second-order valence-electron chi connectivity index (χ2n) is 7.63. The lowest BCUT2D eigenvalue weighted by Crippen LogP contribution is -2.32. The molecule has 0 atom stereocenters. The van der Waals surface area contributed by atoms with Crippen LogP contribution in [0.3, 0.4) is 0 Å². The van der Waals surface area contributed by atoms with Gasteiger partial charge in [0, 0.05) is 54.0 Å². The maximum Gasteiger partial charge on any atom is 0.258 e. The Bertz CT molecular complexity index is 1220. The minimum atomic E-state index is -0.373. The quantitative estimate of drug-likeness (QED) is 0.304. The van der Waals surface area contributed by atoms with Crippen LogP contribution in [0.5, 0.6) is 5.75 Å². The Morgan fingerprint density at radius 2 is 1.89 bits per heavy atom. The lowest BCUT2D eigenvalue weighted by atomic mass is 10.1. The number of carbonyl (C=O) groups is 1. The number of aromatic nitrogens is 4. The molecule has 8 nitrogen and oxygen atoms in total. The fourth-order valence-electron chi connectivity index (χ4n) is 3.47. The van der Waals surface area contributed by atoms with E-state index >= 15 is 0 Å². The summed E-state index contributed by atoms with van der Waals surface area (Å²) in [7, 11) is 0. The van der Waals surface area contributed by atoms with Gasteiger partial charge in [-0.25, -0.2) is 9.37 Å². The van der Waals surface area contributed by atoms with Crippen molar-refractivity contribution in [2.24, 2.45) is 0 Å². The predicted molar refractivity (Wildman–Crippen MR) is 132 cm³/mol. The van der Waals surface area contributed by atoms with Crippen LogP contribution in [0.1, 0.15) is 16.8 Å². The van der Waals surface area contributed by atoms with E-state index < -0.39 is 0 Å². The Balaban J connectivity index is 1.44. The molecule has 0 aliphatic heterocycles. The number of nitrogens with one attached hydrogen (secondary N) is 1. The Hall–Kier alpha value is -3.98. The van der Waals surface area contributed by atoms with Crippen LogP contribution in [-0.2, 0) is 6.54 Å². The first-order valence-electron chi connectivity index (χ1n) is 11.1. The first kappa shape index (κ1) is 24.2. The van der Waals surface area contributed by atoms with E-state index in [-0.39, 0.29) is 11.7 Å². The van der Waals surface area contributed by atoms with E-state index in [0.717, 1.165) is 5.69 Å². The van der Waals surface area contributed by atoms with Gasteiger partial charge in [0.25, 0.3) is 5.91 Å². The van der Waals surface area contributed by atoms with Gasteiger partial charge in [-0.05, 0) is 61.0 Å². The third-order valence-corrected chi connectivity index (χ3v) is 5.34. The van der Waals surface area contributed by atoms with E-state index in [1.807, 2.05) is 12.1 Å². The van der Waals surface area contributed by atoms with E-state index in [1.165, 1.54) is 18.5 Å². The minimum Gasteiger partial charge on any atom is -0.492 e. The number of hydrogen-bond donors (Lipinski definition) is 1. The number of amides is 1. The smallest absolute Gasteiger partial charge is 0.258 e. The largest absolute Gasteiger partial charge is 0.492 e. The maximum atomic E-state index is 13.5. The summed E-state index contributed by atoms with van der Waals surface area (Å²) >= 11 is 6.30. The van der Waals surface area contributed by atoms with Crippen molar-refractivity contribution < 1.29 is 13.9 Å². The van der Waals surface area contributed by atoms with Gasteiger partial charge >= 0.3 is 0 Å². The lowest BCUT2D eigenvalue weighted by molar-refractivity contribution is 0.0985. The average molecular weight is 495 g/mol. The van der Waals surface area contributed by atoms with E-state index in [4.69, 9.17) is 16.3 Å². The van der Waals surface area contributed by atoms with Gasteiger partial charge in [-0.3, -0.25) is 14.5 Å². The van der Waals surface area contributed by atoms with Crippen molar-refractivity contribution in [1.29, 1.82) is 0 Å². The van der Waals surface area contributed by atoms with E-state index in [2.05, 4.69) is 20.4 Å². The van der Waals surface area contributed by atoms with E-state index in [1.54, 1.807) is 58.6 Å². The Kier molecular flexibility index (Phi) is 8.24. The van der Waals surface area contributed by atoms with Crippen LogP contribution in [-0.4, -0.2) is 45.4 Å². The summed E-state index contributed by atoms with van der Waals surface area (Å²) in [6, 6.07) is 14.5. The molecule has 35 heavy (non-hydrogen) atoms. The highest BCUT2D eigenvalue weighted by atomic mass is 35.5. The number of anilines is 2. The first-order chi connectivity index (χ1) is 17.1. The molecule has 1 N–H and O–H groups in total. The Morgan fingerprint density at radius 3 is 2.63 bits per heavy atom. The molecule has 2 aromatic carbocycles. The summed E-state index contributed by atoms with van der Waals surface area (Å²) in [5.41, 5.74) is 1.89. The third-order valence-electron chi connectivity index (χ3n) is 5.12. The van der Waals surface area contributed by atoms with Gasteiger partial charge in [0.2, 0.25) is 0 Å². The molecule has 0 aliphatic carbocycles. The van der Waals surface area contributed by atoms with Gasteiger partial charge < -0.3 is 15.0 Å². The van der Waals surface area contributed by atoms with Crippen molar-refractivity contribution in [3.63, 3.8) is 0 Å². The molecule has 0 fully saturated rings. The van der Waals surface area contributed by atoms with Gasteiger partial charge in [0.1, 0.15) is 30.8 Å². The first-order valence-corrected chi connectivity index (χ1v) is 11.4. The maximum absolute atomic E-state index is 13.5. The predicted octanol–water partition coefficient (Wildman–Crippen LogP) is 4.69. The van der Waals surface area contributed by atoms with Crippen LogP contribution in [0.4, 0.5) is 15.8 Å². The highest BCUT2D eigenvalue weighted by Gasteiger charge is 2.19. The second-order valence-corrected chi connectivity index (χ2v) is 8.07. The number of rotatable bonds is 11. The summed E-state index contributed by atoms with van der Waals surface area (Å²) in [6.07, 6.45) is 7.11. The fraction of sp³-hybridized carbons (Fsp3) is 0.200. The number of carbonyl (C=O) groups excluding carboxylic acids is 1. The summed E-state index contributed by atoms with van der Waals surface area (Å²) in [4.78, 5) is 23.0. The molecule has 10 heteroatoms. The summed E-state index contributed by atoms with van der Waals surface area (Å²) < 4.78 is 21.0. The normalized spacial score (nSPS) is 10.7. The zero-order chi connectivity index (χ0) is 24.5. The topological polar surface area (TPSA) is 85.2 Å². The molecule has 4 aromatic rings. The fourth-order valence-corrected chi connectivity index (χ4v) is 3.69. The van der Waals surface area contributed by atoms with Crippen LogP contribution in [0, 0.1) is 5.82 Å². The van der Waals surface area contributed by atoms with Gasteiger partial charge in [-0.15, -0.1) is 0 Å².